The zero-order valence-corrected chi connectivity index (χ0v) is 11.6. The highest BCUT2D eigenvalue weighted by atomic mass is 16.5. The van der Waals surface area contributed by atoms with Crippen LogP contribution < -0.4 is 15.0 Å². The van der Waals surface area contributed by atoms with E-state index in [0.717, 1.165) is 30.3 Å². The fraction of sp³-hybridized carbons (Fsp3) is 0.333. The predicted molar refractivity (Wildman–Crippen MR) is 76.6 cm³/mol. The first-order valence-corrected chi connectivity index (χ1v) is 6.29. The molecule has 0 bridgehead atoms. The number of furan rings is 1. The van der Waals surface area contributed by atoms with E-state index in [9.17, 15) is 0 Å². The van der Waals surface area contributed by atoms with Crippen molar-refractivity contribution in [1.29, 1.82) is 0 Å². The van der Waals surface area contributed by atoms with Crippen molar-refractivity contribution >= 4 is 5.69 Å². The van der Waals surface area contributed by atoms with Gasteiger partial charge in [-0.05, 0) is 37.4 Å². The Morgan fingerprint density at radius 2 is 1.95 bits per heavy atom. The summed E-state index contributed by atoms with van der Waals surface area (Å²) in [5.74, 6) is 1.86. The molecule has 1 N–H and O–H groups in total. The van der Waals surface area contributed by atoms with Crippen LogP contribution in [0.5, 0.6) is 5.75 Å². The number of anilines is 1. The van der Waals surface area contributed by atoms with Crippen LogP contribution in [-0.2, 0) is 13.1 Å². The molecular weight excluding hydrogens is 240 g/mol. The first kappa shape index (κ1) is 13.5. The number of hydrogen-bond acceptors (Lipinski definition) is 4. The molecule has 0 fully saturated rings. The Morgan fingerprint density at radius 1 is 1.21 bits per heavy atom. The van der Waals surface area contributed by atoms with Gasteiger partial charge in [-0.25, -0.2) is 0 Å². The van der Waals surface area contributed by atoms with E-state index in [1.54, 1.807) is 13.4 Å². The minimum absolute atomic E-state index is 0.746. The second kappa shape index (κ2) is 6.29. The molecule has 0 radical (unpaired) electrons. The molecule has 4 heteroatoms. The molecule has 0 saturated carbocycles. The highest BCUT2D eigenvalue weighted by molar-refractivity contribution is 5.48. The fourth-order valence-electron chi connectivity index (χ4n) is 2.00. The highest BCUT2D eigenvalue weighted by Crippen LogP contribution is 2.21. The van der Waals surface area contributed by atoms with Crippen LogP contribution in [0.15, 0.2) is 41.0 Å². The molecule has 0 saturated heterocycles. The van der Waals surface area contributed by atoms with Gasteiger partial charge in [-0.2, -0.15) is 0 Å². The van der Waals surface area contributed by atoms with Gasteiger partial charge in [0.05, 0.1) is 19.9 Å². The summed E-state index contributed by atoms with van der Waals surface area (Å²) in [6.07, 6.45) is 1.74. The third kappa shape index (κ3) is 3.29. The molecule has 19 heavy (non-hydrogen) atoms. The Hall–Kier alpha value is -1.94. The molecule has 2 rings (SSSR count). The number of ether oxygens (including phenoxy) is 1. The summed E-state index contributed by atoms with van der Waals surface area (Å²) in [5, 5.41) is 3.14. The minimum atomic E-state index is 0.746. The van der Waals surface area contributed by atoms with Gasteiger partial charge in [0.1, 0.15) is 11.5 Å². The molecule has 102 valence electrons. The van der Waals surface area contributed by atoms with E-state index in [0.29, 0.717) is 0 Å². The fourth-order valence-corrected chi connectivity index (χ4v) is 2.00. The van der Waals surface area contributed by atoms with Crippen molar-refractivity contribution in [3.8, 4) is 5.75 Å². The molecule has 0 aliphatic heterocycles. The lowest BCUT2D eigenvalue weighted by Crippen LogP contribution is -2.17. The van der Waals surface area contributed by atoms with E-state index in [-0.39, 0.29) is 0 Å². The first-order chi connectivity index (χ1) is 9.24. The zero-order chi connectivity index (χ0) is 13.7. The lowest BCUT2D eigenvalue weighted by Gasteiger charge is -2.19. The lowest BCUT2D eigenvalue weighted by atomic mass is 10.2. The van der Waals surface area contributed by atoms with Crippen LogP contribution in [0.2, 0.25) is 0 Å². The van der Waals surface area contributed by atoms with Gasteiger partial charge in [0, 0.05) is 24.8 Å². The van der Waals surface area contributed by atoms with Crippen molar-refractivity contribution < 1.29 is 9.15 Å². The predicted octanol–water partition coefficient (Wildman–Crippen LogP) is 2.64. The van der Waals surface area contributed by atoms with Crippen molar-refractivity contribution in [3.63, 3.8) is 0 Å². The Balaban J connectivity index is 2.06. The summed E-state index contributed by atoms with van der Waals surface area (Å²) < 4.78 is 10.7. The summed E-state index contributed by atoms with van der Waals surface area (Å²) >= 11 is 0. The van der Waals surface area contributed by atoms with Crippen LogP contribution in [0.3, 0.4) is 0 Å². The van der Waals surface area contributed by atoms with E-state index >= 15 is 0 Å². The van der Waals surface area contributed by atoms with Crippen molar-refractivity contribution in [1.82, 2.24) is 5.32 Å². The number of hydrogen-bond donors (Lipinski definition) is 1. The van der Waals surface area contributed by atoms with Gasteiger partial charge in [0.25, 0.3) is 0 Å². The average Bonchev–Trinajstić information content (AvgIpc) is 2.86. The van der Waals surface area contributed by atoms with Gasteiger partial charge < -0.3 is 19.4 Å². The summed E-state index contributed by atoms with van der Waals surface area (Å²) in [5.41, 5.74) is 2.33. The maximum Gasteiger partial charge on any atom is 0.127 e. The normalized spacial score (nSPS) is 10.5. The highest BCUT2D eigenvalue weighted by Gasteiger charge is 2.09. The largest absolute Gasteiger partial charge is 0.497 e. The van der Waals surface area contributed by atoms with Crippen LogP contribution in [0, 0.1) is 0 Å². The van der Waals surface area contributed by atoms with Crippen molar-refractivity contribution in [2.45, 2.75) is 13.1 Å². The van der Waals surface area contributed by atoms with Crippen LogP contribution in [0.1, 0.15) is 11.3 Å². The number of methoxy groups -OCH3 is 1. The van der Waals surface area contributed by atoms with Gasteiger partial charge in [-0.15, -0.1) is 0 Å². The summed E-state index contributed by atoms with van der Waals surface area (Å²) in [7, 11) is 5.66. The van der Waals surface area contributed by atoms with Crippen molar-refractivity contribution in [3.05, 3.63) is 47.9 Å². The summed E-state index contributed by atoms with van der Waals surface area (Å²) in [4.78, 5) is 2.15. The SMILES string of the molecule is CNCc1ccoc1CN(C)c1ccc(OC)cc1. The van der Waals surface area contributed by atoms with Crippen LogP contribution in [0.25, 0.3) is 0 Å². The molecule has 0 aliphatic rings. The van der Waals surface area contributed by atoms with E-state index in [2.05, 4.69) is 10.2 Å². The van der Waals surface area contributed by atoms with Crippen molar-refractivity contribution in [2.75, 3.05) is 26.1 Å². The van der Waals surface area contributed by atoms with Crippen LogP contribution in [0.4, 0.5) is 5.69 Å². The standard InChI is InChI=1S/C15H20N2O2/c1-16-10-12-8-9-19-15(12)11-17(2)13-4-6-14(18-3)7-5-13/h4-9,16H,10-11H2,1-3H3. The van der Waals surface area contributed by atoms with Gasteiger partial charge in [-0.1, -0.05) is 0 Å². The maximum atomic E-state index is 5.55. The first-order valence-electron chi connectivity index (χ1n) is 6.29. The van der Waals surface area contributed by atoms with E-state index in [1.165, 1.54) is 5.56 Å². The smallest absolute Gasteiger partial charge is 0.127 e. The number of nitrogens with zero attached hydrogens (tertiary/aromatic N) is 1. The van der Waals surface area contributed by atoms with E-state index < -0.39 is 0 Å². The van der Waals surface area contributed by atoms with E-state index in [4.69, 9.17) is 9.15 Å². The molecule has 0 amide bonds. The maximum absolute atomic E-state index is 5.55. The second-order valence-electron chi connectivity index (χ2n) is 4.45. The topological polar surface area (TPSA) is 37.6 Å². The minimum Gasteiger partial charge on any atom is -0.497 e. The number of nitrogens with one attached hydrogen (secondary N) is 1. The Kier molecular flexibility index (Phi) is 4.47. The monoisotopic (exact) mass is 260 g/mol. The second-order valence-corrected chi connectivity index (χ2v) is 4.45. The van der Waals surface area contributed by atoms with Gasteiger partial charge >= 0.3 is 0 Å². The quantitative estimate of drug-likeness (QED) is 0.866. The molecular formula is C15H20N2O2. The molecule has 4 nitrogen and oxygen atoms in total. The Morgan fingerprint density at radius 3 is 2.58 bits per heavy atom. The summed E-state index contributed by atoms with van der Waals surface area (Å²) in [6.45, 7) is 1.57. The van der Waals surface area contributed by atoms with Crippen LogP contribution in [-0.4, -0.2) is 21.2 Å². The number of rotatable bonds is 6. The molecule has 0 atom stereocenters. The third-order valence-electron chi connectivity index (χ3n) is 3.10. The molecule has 0 spiro atoms. The van der Waals surface area contributed by atoms with Gasteiger partial charge in [0.2, 0.25) is 0 Å². The third-order valence-corrected chi connectivity index (χ3v) is 3.10. The van der Waals surface area contributed by atoms with Gasteiger partial charge in [-0.3, -0.25) is 0 Å². The number of benzene rings is 1. The summed E-state index contributed by atoms with van der Waals surface area (Å²) in [6, 6.07) is 10.0. The molecule has 0 unspecified atom stereocenters. The molecule has 0 aliphatic carbocycles. The molecule has 1 aromatic heterocycles. The molecule has 1 aromatic carbocycles. The Labute approximate surface area is 114 Å². The molecule has 1 heterocycles. The average molecular weight is 260 g/mol. The molecule has 2 aromatic rings. The van der Waals surface area contributed by atoms with Gasteiger partial charge in [0.15, 0.2) is 0 Å². The van der Waals surface area contributed by atoms with Crippen LogP contribution >= 0.6 is 0 Å². The van der Waals surface area contributed by atoms with E-state index in [1.807, 2.05) is 44.4 Å². The lowest BCUT2D eigenvalue weighted by molar-refractivity contribution is 0.415. The van der Waals surface area contributed by atoms with Crippen molar-refractivity contribution in [2.24, 2.45) is 0 Å². The zero-order valence-electron chi connectivity index (χ0n) is 11.6. The Bertz CT molecular complexity index is 505.